The second-order valence-corrected chi connectivity index (χ2v) is 18.7. The van der Waals surface area contributed by atoms with Crippen LogP contribution in [0.4, 0.5) is 4.79 Å². The number of morpholine rings is 1. The minimum Gasteiger partial charge on any atom is -0.444 e. The highest BCUT2D eigenvalue weighted by molar-refractivity contribution is 5.68. The SMILES string of the molecule is C.CC(C)C1CCCCC1.CC(C)C1CCN(C(=O)OC(C)(C)C)CC1.CC(C)C1CCN(C2CCC2)CC1.CC(C)N1C[C@@H](C)O[C@@H](C)C1. The van der Waals surface area contributed by atoms with E-state index < -0.39 is 0 Å². The summed E-state index contributed by atoms with van der Waals surface area (Å²) in [6.07, 6.45) is 17.7. The average Bonchev–Trinajstić information content (AvgIpc) is 3.00. The van der Waals surface area contributed by atoms with Crippen LogP contribution >= 0.6 is 0 Å². The molecule has 5 aliphatic rings. The standard InChI is InChI=1S/C13H25NO2.C12H23N.C9H19NO.C9H18.CH4/c1-10(2)11-6-8-14(9-7-11)12(15)16-13(3,4)5;1-10(2)11-6-8-13(9-7-11)12-4-3-5-12;1-7(2)10-5-8(3)11-9(4)6-10;1-8(2)9-6-4-3-5-7-9;/h10-11H,6-9H2,1-5H3;10-12H,3-9H2,1-2H3;7-9H,5-6H2,1-4H3;8-9H,3-7H2,1-2H3;1H4/t;;8-,9+;;. The quantitative estimate of drug-likeness (QED) is 0.285. The van der Waals surface area contributed by atoms with Crippen LogP contribution in [0.3, 0.4) is 0 Å². The minimum atomic E-state index is -0.383. The molecule has 2 aliphatic carbocycles. The number of carbonyl (C=O) groups excluding carboxylic acids is 1. The third-order valence-corrected chi connectivity index (χ3v) is 12.0. The van der Waals surface area contributed by atoms with Crippen LogP contribution in [0.2, 0.25) is 0 Å². The van der Waals surface area contributed by atoms with Gasteiger partial charge in [-0.15, -0.1) is 0 Å². The second-order valence-electron chi connectivity index (χ2n) is 18.7. The number of amides is 1. The zero-order valence-corrected chi connectivity index (χ0v) is 35.1. The van der Waals surface area contributed by atoms with E-state index in [1.54, 1.807) is 0 Å². The summed E-state index contributed by atoms with van der Waals surface area (Å²) in [7, 11) is 0. The van der Waals surface area contributed by atoms with Crippen molar-refractivity contribution in [1.82, 2.24) is 14.7 Å². The lowest BCUT2D eigenvalue weighted by Gasteiger charge is -2.42. The summed E-state index contributed by atoms with van der Waals surface area (Å²) in [5, 5.41) is 0. The molecule has 0 aromatic rings. The molecular formula is C44H89N3O3. The van der Waals surface area contributed by atoms with Gasteiger partial charge in [-0.1, -0.05) is 87.5 Å². The topological polar surface area (TPSA) is 45.2 Å². The van der Waals surface area contributed by atoms with Crippen LogP contribution in [0.15, 0.2) is 0 Å². The van der Waals surface area contributed by atoms with Crippen molar-refractivity contribution in [3.63, 3.8) is 0 Å². The molecule has 5 fully saturated rings. The van der Waals surface area contributed by atoms with E-state index in [0.717, 1.165) is 80.6 Å². The number of hydrogen-bond acceptors (Lipinski definition) is 5. The van der Waals surface area contributed by atoms with Crippen molar-refractivity contribution in [2.45, 2.75) is 204 Å². The van der Waals surface area contributed by atoms with Crippen molar-refractivity contribution in [3.05, 3.63) is 0 Å². The lowest BCUT2D eigenvalue weighted by Crippen LogP contribution is -2.48. The zero-order chi connectivity index (χ0) is 36.7. The van der Waals surface area contributed by atoms with E-state index in [1.807, 2.05) is 25.7 Å². The van der Waals surface area contributed by atoms with Crippen LogP contribution in [0, 0.1) is 35.5 Å². The first kappa shape index (κ1) is 47.2. The Kier molecular flexibility index (Phi) is 22.4. The molecule has 6 nitrogen and oxygen atoms in total. The molecule has 0 aromatic heterocycles. The van der Waals surface area contributed by atoms with E-state index in [1.165, 1.54) is 77.3 Å². The number of ether oxygens (including phenoxy) is 2. The van der Waals surface area contributed by atoms with E-state index in [4.69, 9.17) is 9.47 Å². The number of nitrogens with zero attached hydrogens (tertiary/aromatic N) is 3. The maximum atomic E-state index is 11.8. The molecule has 2 atom stereocenters. The Morgan fingerprint density at radius 2 is 1.04 bits per heavy atom. The van der Waals surface area contributed by atoms with E-state index in [9.17, 15) is 4.79 Å². The third kappa shape index (κ3) is 18.3. The van der Waals surface area contributed by atoms with Gasteiger partial charge >= 0.3 is 6.09 Å². The largest absolute Gasteiger partial charge is 0.444 e. The number of hydrogen-bond donors (Lipinski definition) is 0. The zero-order valence-electron chi connectivity index (χ0n) is 35.1. The Bertz CT molecular complexity index is 848. The van der Waals surface area contributed by atoms with E-state index in [0.29, 0.717) is 18.2 Å². The molecule has 0 spiro atoms. The van der Waals surface area contributed by atoms with Gasteiger partial charge < -0.3 is 19.3 Å². The monoisotopic (exact) mass is 708 g/mol. The normalized spacial score (nSPS) is 25.1. The van der Waals surface area contributed by atoms with Gasteiger partial charge in [0.25, 0.3) is 0 Å². The number of carbonyl (C=O) groups is 1. The summed E-state index contributed by atoms with van der Waals surface area (Å²) < 4.78 is 11.0. The highest BCUT2D eigenvalue weighted by Gasteiger charge is 2.30. The van der Waals surface area contributed by atoms with Gasteiger partial charge in [0.1, 0.15) is 5.60 Å². The maximum Gasteiger partial charge on any atom is 0.410 e. The summed E-state index contributed by atoms with van der Waals surface area (Å²) in [5.41, 5.74) is -0.383. The van der Waals surface area contributed by atoms with E-state index in [2.05, 4.69) is 79.0 Å². The fourth-order valence-electron chi connectivity index (χ4n) is 8.22. The molecular weight excluding hydrogens is 619 g/mol. The average molecular weight is 708 g/mol. The Labute approximate surface area is 313 Å². The van der Waals surface area contributed by atoms with Crippen LogP contribution in [0.25, 0.3) is 0 Å². The number of piperidine rings is 2. The van der Waals surface area contributed by atoms with Crippen LogP contribution in [0.5, 0.6) is 0 Å². The smallest absolute Gasteiger partial charge is 0.410 e. The third-order valence-electron chi connectivity index (χ3n) is 12.0. The summed E-state index contributed by atoms with van der Waals surface area (Å²) in [6.45, 7) is 35.1. The van der Waals surface area contributed by atoms with Gasteiger partial charge in [-0.3, -0.25) is 4.90 Å². The second kappa shape index (κ2) is 23.7. The predicted octanol–water partition coefficient (Wildman–Crippen LogP) is 11.6. The molecule has 0 aromatic carbocycles. The van der Waals surface area contributed by atoms with Gasteiger partial charge in [0, 0.05) is 38.3 Å². The van der Waals surface area contributed by atoms with Gasteiger partial charge in [0.15, 0.2) is 0 Å². The lowest BCUT2D eigenvalue weighted by molar-refractivity contribution is -0.0764. The van der Waals surface area contributed by atoms with Gasteiger partial charge in [-0.25, -0.2) is 4.79 Å². The first-order valence-corrected chi connectivity index (χ1v) is 21.1. The van der Waals surface area contributed by atoms with Crippen molar-refractivity contribution in [1.29, 1.82) is 0 Å². The lowest BCUT2D eigenvalue weighted by atomic mass is 9.82. The van der Waals surface area contributed by atoms with Crippen molar-refractivity contribution < 1.29 is 14.3 Å². The predicted molar refractivity (Wildman–Crippen MR) is 217 cm³/mol. The Balaban J connectivity index is 0.000000338. The molecule has 298 valence electrons. The maximum absolute atomic E-state index is 11.8. The molecule has 2 saturated carbocycles. The fourth-order valence-corrected chi connectivity index (χ4v) is 8.22. The minimum absolute atomic E-state index is 0. The van der Waals surface area contributed by atoms with Crippen molar-refractivity contribution >= 4 is 6.09 Å². The Hall–Kier alpha value is -0.850. The van der Waals surface area contributed by atoms with Crippen molar-refractivity contribution in [2.75, 3.05) is 39.3 Å². The number of likely N-dealkylation sites (tertiary alicyclic amines) is 2. The summed E-state index contributed by atoms with van der Waals surface area (Å²) in [4.78, 5) is 18.8. The Morgan fingerprint density at radius 1 is 0.620 bits per heavy atom. The molecule has 3 aliphatic heterocycles. The first-order valence-electron chi connectivity index (χ1n) is 21.1. The molecule has 3 heterocycles. The fraction of sp³-hybridized carbons (Fsp3) is 0.977. The number of rotatable bonds is 5. The van der Waals surface area contributed by atoms with Gasteiger partial charge in [0.05, 0.1) is 12.2 Å². The highest BCUT2D eigenvalue weighted by Crippen LogP contribution is 2.32. The van der Waals surface area contributed by atoms with Crippen LogP contribution in [-0.2, 0) is 9.47 Å². The van der Waals surface area contributed by atoms with Crippen LogP contribution in [-0.4, -0.2) is 90.0 Å². The summed E-state index contributed by atoms with van der Waals surface area (Å²) in [6, 6.07) is 1.64. The van der Waals surface area contributed by atoms with E-state index >= 15 is 0 Å². The van der Waals surface area contributed by atoms with Gasteiger partial charge in [0.2, 0.25) is 0 Å². The molecule has 0 N–H and O–H groups in total. The molecule has 50 heavy (non-hydrogen) atoms. The molecule has 1 amide bonds. The molecule has 0 bridgehead atoms. The molecule has 0 radical (unpaired) electrons. The van der Waals surface area contributed by atoms with E-state index in [-0.39, 0.29) is 19.1 Å². The van der Waals surface area contributed by atoms with Crippen LogP contribution in [0.1, 0.15) is 174 Å². The summed E-state index contributed by atoms with van der Waals surface area (Å²) >= 11 is 0. The molecule has 6 heteroatoms. The summed E-state index contributed by atoms with van der Waals surface area (Å²) in [5.74, 6) is 5.39. The molecule has 3 saturated heterocycles. The molecule has 5 rings (SSSR count). The van der Waals surface area contributed by atoms with Crippen LogP contribution < -0.4 is 0 Å². The van der Waals surface area contributed by atoms with Crippen molar-refractivity contribution in [2.24, 2.45) is 35.5 Å². The van der Waals surface area contributed by atoms with Gasteiger partial charge in [-0.05, 0) is 136 Å². The molecule has 0 unspecified atom stereocenters. The van der Waals surface area contributed by atoms with Crippen molar-refractivity contribution in [3.8, 4) is 0 Å². The highest BCUT2D eigenvalue weighted by atomic mass is 16.6. The first-order chi connectivity index (χ1) is 23.0. The van der Waals surface area contributed by atoms with Gasteiger partial charge in [-0.2, -0.15) is 0 Å². The Morgan fingerprint density at radius 3 is 1.38 bits per heavy atom.